The maximum absolute atomic E-state index is 10.8. The zero-order valence-corrected chi connectivity index (χ0v) is 11.0. The van der Waals surface area contributed by atoms with Crippen molar-refractivity contribution in [2.45, 2.75) is 58.3 Å². The second-order valence-corrected chi connectivity index (χ2v) is 5.68. The van der Waals surface area contributed by atoms with Crippen LogP contribution in [0.25, 0.3) is 0 Å². The van der Waals surface area contributed by atoms with E-state index in [2.05, 4.69) is 6.92 Å². The molecule has 0 aliphatic heterocycles. The number of aliphatic carboxylic acids is 1. The van der Waals surface area contributed by atoms with Crippen LogP contribution < -0.4 is 5.73 Å². The number of carbonyl (C=O) groups is 1. The lowest BCUT2D eigenvalue weighted by molar-refractivity contribution is -0.141. The first-order valence-corrected chi connectivity index (χ1v) is 7.06. The fraction of sp³-hybridized carbons (Fsp3) is 0.929. The minimum absolute atomic E-state index is 0.268. The summed E-state index contributed by atoms with van der Waals surface area (Å²) in [6, 6.07) is 0. The SMILES string of the molecule is C[C@H](CCCC1CCC1)CC[C@H](CN)C(=O)O. The summed E-state index contributed by atoms with van der Waals surface area (Å²) in [5, 5.41) is 8.89. The van der Waals surface area contributed by atoms with E-state index in [9.17, 15) is 4.79 Å². The zero-order valence-electron chi connectivity index (χ0n) is 11.0. The van der Waals surface area contributed by atoms with Gasteiger partial charge in [0.15, 0.2) is 0 Å². The van der Waals surface area contributed by atoms with Gasteiger partial charge in [-0.05, 0) is 24.7 Å². The van der Waals surface area contributed by atoms with Crippen molar-refractivity contribution in [3.63, 3.8) is 0 Å². The van der Waals surface area contributed by atoms with Crippen molar-refractivity contribution >= 4 is 5.97 Å². The van der Waals surface area contributed by atoms with Gasteiger partial charge in [-0.25, -0.2) is 0 Å². The molecule has 1 rings (SSSR count). The fourth-order valence-corrected chi connectivity index (χ4v) is 2.51. The molecule has 1 aliphatic carbocycles. The van der Waals surface area contributed by atoms with Gasteiger partial charge in [0.1, 0.15) is 0 Å². The number of rotatable bonds is 9. The van der Waals surface area contributed by atoms with Crippen LogP contribution in [0.1, 0.15) is 58.3 Å². The Labute approximate surface area is 105 Å². The van der Waals surface area contributed by atoms with Crippen molar-refractivity contribution in [2.24, 2.45) is 23.5 Å². The number of carboxylic acid groups (broad SMARTS) is 1. The second kappa shape index (κ2) is 7.70. The zero-order chi connectivity index (χ0) is 12.7. The Balaban J connectivity index is 2.02. The van der Waals surface area contributed by atoms with E-state index < -0.39 is 5.97 Å². The number of nitrogens with two attached hydrogens (primary N) is 1. The minimum atomic E-state index is -0.742. The maximum Gasteiger partial charge on any atom is 0.307 e. The highest BCUT2D eigenvalue weighted by molar-refractivity contribution is 5.70. The van der Waals surface area contributed by atoms with Gasteiger partial charge < -0.3 is 10.8 Å². The lowest BCUT2D eigenvalue weighted by Crippen LogP contribution is -2.23. The van der Waals surface area contributed by atoms with E-state index in [0.717, 1.165) is 18.8 Å². The van der Waals surface area contributed by atoms with E-state index in [0.29, 0.717) is 5.92 Å². The summed E-state index contributed by atoms with van der Waals surface area (Å²) in [4.78, 5) is 10.8. The molecule has 0 bridgehead atoms. The van der Waals surface area contributed by atoms with Crippen LogP contribution in [-0.4, -0.2) is 17.6 Å². The first-order valence-electron chi connectivity index (χ1n) is 7.06. The van der Waals surface area contributed by atoms with Crippen molar-refractivity contribution in [1.29, 1.82) is 0 Å². The number of carboxylic acids is 1. The van der Waals surface area contributed by atoms with E-state index >= 15 is 0 Å². The molecule has 0 aromatic rings. The monoisotopic (exact) mass is 241 g/mol. The van der Waals surface area contributed by atoms with Crippen LogP contribution >= 0.6 is 0 Å². The van der Waals surface area contributed by atoms with Gasteiger partial charge in [0.05, 0.1) is 5.92 Å². The molecule has 100 valence electrons. The third-order valence-electron chi connectivity index (χ3n) is 4.18. The van der Waals surface area contributed by atoms with Gasteiger partial charge >= 0.3 is 5.97 Å². The van der Waals surface area contributed by atoms with Crippen LogP contribution in [0.15, 0.2) is 0 Å². The minimum Gasteiger partial charge on any atom is -0.481 e. The Kier molecular flexibility index (Phi) is 6.56. The van der Waals surface area contributed by atoms with E-state index in [4.69, 9.17) is 10.8 Å². The van der Waals surface area contributed by atoms with Gasteiger partial charge in [-0.15, -0.1) is 0 Å². The molecule has 0 radical (unpaired) electrons. The van der Waals surface area contributed by atoms with E-state index in [1.165, 1.54) is 38.5 Å². The van der Waals surface area contributed by atoms with Crippen LogP contribution in [0.4, 0.5) is 0 Å². The van der Waals surface area contributed by atoms with Gasteiger partial charge in [-0.1, -0.05) is 45.4 Å². The number of hydrogen-bond acceptors (Lipinski definition) is 2. The summed E-state index contributed by atoms with van der Waals surface area (Å²) < 4.78 is 0. The number of hydrogen-bond donors (Lipinski definition) is 2. The predicted octanol–water partition coefficient (Wildman–Crippen LogP) is 3.03. The smallest absolute Gasteiger partial charge is 0.307 e. The molecule has 0 aromatic heterocycles. The second-order valence-electron chi connectivity index (χ2n) is 5.68. The van der Waals surface area contributed by atoms with E-state index in [1.54, 1.807) is 0 Å². The van der Waals surface area contributed by atoms with Gasteiger partial charge in [-0.2, -0.15) is 0 Å². The highest BCUT2D eigenvalue weighted by Gasteiger charge is 2.18. The molecule has 0 unspecified atom stereocenters. The molecule has 0 amide bonds. The molecule has 0 spiro atoms. The molecule has 3 N–H and O–H groups in total. The molecule has 3 nitrogen and oxygen atoms in total. The fourth-order valence-electron chi connectivity index (χ4n) is 2.51. The average molecular weight is 241 g/mol. The summed E-state index contributed by atoms with van der Waals surface area (Å²) in [5.74, 6) is 0.555. The molecule has 1 saturated carbocycles. The molecule has 0 heterocycles. The average Bonchev–Trinajstić information content (AvgIpc) is 2.22. The first kappa shape index (κ1) is 14.5. The highest BCUT2D eigenvalue weighted by atomic mass is 16.4. The standard InChI is InChI=1S/C14H27NO2/c1-11(4-2-5-12-6-3-7-12)8-9-13(10-15)14(16)17/h11-13H,2-10,15H2,1H3,(H,16,17)/t11-,13-/m1/s1. The van der Waals surface area contributed by atoms with Crippen LogP contribution in [-0.2, 0) is 4.79 Å². The molecule has 2 atom stereocenters. The van der Waals surface area contributed by atoms with Crippen molar-refractivity contribution in [1.82, 2.24) is 0 Å². The Morgan fingerprint density at radius 3 is 2.53 bits per heavy atom. The molecule has 17 heavy (non-hydrogen) atoms. The highest BCUT2D eigenvalue weighted by Crippen LogP contribution is 2.31. The maximum atomic E-state index is 10.8. The summed E-state index contributed by atoms with van der Waals surface area (Å²) in [5.41, 5.74) is 5.44. The molecule has 0 aromatic carbocycles. The van der Waals surface area contributed by atoms with Gasteiger partial charge in [0.2, 0.25) is 0 Å². The summed E-state index contributed by atoms with van der Waals surface area (Å²) in [6.07, 6.45) is 9.96. The topological polar surface area (TPSA) is 63.3 Å². The first-order chi connectivity index (χ1) is 8.13. The summed E-state index contributed by atoms with van der Waals surface area (Å²) in [6.45, 7) is 2.50. The predicted molar refractivity (Wildman–Crippen MR) is 69.8 cm³/mol. The van der Waals surface area contributed by atoms with Crippen LogP contribution in [0, 0.1) is 17.8 Å². The lowest BCUT2D eigenvalue weighted by Gasteiger charge is -2.25. The molecule has 1 fully saturated rings. The van der Waals surface area contributed by atoms with Crippen molar-refractivity contribution in [2.75, 3.05) is 6.54 Å². The van der Waals surface area contributed by atoms with Gasteiger partial charge in [-0.3, -0.25) is 4.79 Å². The van der Waals surface area contributed by atoms with Crippen molar-refractivity contribution < 1.29 is 9.90 Å². The van der Waals surface area contributed by atoms with Crippen LogP contribution in [0.2, 0.25) is 0 Å². The van der Waals surface area contributed by atoms with Gasteiger partial charge in [0.25, 0.3) is 0 Å². The van der Waals surface area contributed by atoms with Crippen LogP contribution in [0.5, 0.6) is 0 Å². The largest absolute Gasteiger partial charge is 0.481 e. The Morgan fingerprint density at radius 1 is 1.35 bits per heavy atom. The van der Waals surface area contributed by atoms with Crippen molar-refractivity contribution in [3.8, 4) is 0 Å². The summed E-state index contributed by atoms with van der Waals surface area (Å²) >= 11 is 0. The normalized spacial score (nSPS) is 19.6. The lowest BCUT2D eigenvalue weighted by atomic mass is 9.81. The molecule has 3 heteroatoms. The quantitative estimate of drug-likeness (QED) is 0.652. The van der Waals surface area contributed by atoms with Crippen molar-refractivity contribution in [3.05, 3.63) is 0 Å². The third-order valence-corrected chi connectivity index (χ3v) is 4.18. The Hall–Kier alpha value is -0.570. The Morgan fingerprint density at radius 2 is 2.06 bits per heavy atom. The van der Waals surface area contributed by atoms with E-state index in [-0.39, 0.29) is 12.5 Å². The van der Waals surface area contributed by atoms with E-state index in [1.807, 2.05) is 0 Å². The van der Waals surface area contributed by atoms with Crippen LogP contribution in [0.3, 0.4) is 0 Å². The Bertz CT molecular complexity index is 226. The molecular weight excluding hydrogens is 214 g/mol. The third kappa shape index (κ3) is 5.53. The molecular formula is C14H27NO2. The van der Waals surface area contributed by atoms with Gasteiger partial charge in [0, 0.05) is 6.54 Å². The molecule has 1 aliphatic rings. The molecule has 0 saturated heterocycles. The summed E-state index contributed by atoms with van der Waals surface area (Å²) in [7, 11) is 0.